The molecule has 0 saturated carbocycles. The Bertz CT molecular complexity index is 784. The molecule has 2 atom stereocenters. The first-order valence-electron chi connectivity index (χ1n) is 9.01. The molecule has 150 valence electrons. The quantitative estimate of drug-likeness (QED) is 0.646. The molecule has 0 aliphatic carbocycles. The highest BCUT2D eigenvalue weighted by molar-refractivity contribution is 7.55. The van der Waals surface area contributed by atoms with Crippen molar-refractivity contribution >= 4 is 13.7 Å². The van der Waals surface area contributed by atoms with E-state index in [1.54, 1.807) is 48.5 Å². The zero-order valence-electron chi connectivity index (χ0n) is 16.1. The van der Waals surface area contributed by atoms with Gasteiger partial charge in [0.25, 0.3) is 0 Å². The molecule has 0 bridgehead atoms. The first-order chi connectivity index (χ1) is 13.4. The Morgan fingerprint density at radius 3 is 1.96 bits per heavy atom. The Labute approximate surface area is 164 Å². The molecule has 8 heteroatoms. The molecule has 0 radical (unpaired) electrons. The van der Waals surface area contributed by atoms with E-state index in [1.807, 2.05) is 26.0 Å². The average Bonchev–Trinajstić information content (AvgIpc) is 3.15. The Morgan fingerprint density at radius 1 is 1.04 bits per heavy atom. The van der Waals surface area contributed by atoms with Gasteiger partial charge in [-0.3, -0.25) is 4.90 Å². The lowest BCUT2D eigenvalue weighted by Gasteiger charge is -2.32. The first kappa shape index (κ1) is 20.2. The monoisotopic (exact) mass is 405 g/mol. The van der Waals surface area contributed by atoms with E-state index in [2.05, 4.69) is 0 Å². The van der Waals surface area contributed by atoms with Gasteiger partial charge in [0.05, 0.1) is 13.7 Å². The third-order valence-electron chi connectivity index (χ3n) is 4.28. The van der Waals surface area contributed by atoms with Gasteiger partial charge in [-0.05, 0) is 30.2 Å². The van der Waals surface area contributed by atoms with E-state index in [9.17, 15) is 9.36 Å². The maximum Gasteiger partial charge on any atom is 0.455 e. The van der Waals surface area contributed by atoms with Gasteiger partial charge < -0.3 is 18.5 Å². The van der Waals surface area contributed by atoms with Crippen molar-refractivity contribution in [3.8, 4) is 11.5 Å². The van der Waals surface area contributed by atoms with Crippen LogP contribution in [-0.2, 0) is 14.0 Å². The van der Waals surface area contributed by atoms with Crippen LogP contribution in [0.5, 0.6) is 11.5 Å². The van der Waals surface area contributed by atoms with Gasteiger partial charge in [0.1, 0.15) is 17.7 Å². The van der Waals surface area contributed by atoms with Crippen molar-refractivity contribution in [1.29, 1.82) is 0 Å². The number of hydrogen-bond acceptors (Lipinski definition) is 6. The standard InChI is InChI=1S/C20H24NO6P/c1-15(2)19-21(20(22)24-3)18(14-25-19)28(23,26-16-10-6-4-7-11-16)27-17-12-8-5-9-13-17/h4-13,15,18-19H,14H2,1-3H3/t18-,19-/m1/s1. The third kappa shape index (κ3) is 4.32. The van der Waals surface area contributed by atoms with Crippen LogP contribution in [0.2, 0.25) is 0 Å². The molecule has 1 aliphatic rings. The molecule has 1 saturated heterocycles. The van der Waals surface area contributed by atoms with Crippen LogP contribution in [0, 0.1) is 5.92 Å². The summed E-state index contributed by atoms with van der Waals surface area (Å²) in [7, 11) is -2.64. The van der Waals surface area contributed by atoms with Crippen molar-refractivity contribution in [1.82, 2.24) is 4.90 Å². The second-order valence-electron chi connectivity index (χ2n) is 6.67. The van der Waals surface area contributed by atoms with Crippen molar-refractivity contribution in [3.05, 3.63) is 60.7 Å². The highest BCUT2D eigenvalue weighted by atomic mass is 31.2. The predicted octanol–water partition coefficient (Wildman–Crippen LogP) is 4.74. The summed E-state index contributed by atoms with van der Waals surface area (Å²) in [5, 5.41) is 0. The number of para-hydroxylation sites is 2. The number of amides is 1. The van der Waals surface area contributed by atoms with E-state index >= 15 is 0 Å². The lowest BCUT2D eigenvalue weighted by atomic mass is 10.2. The first-order valence-corrected chi connectivity index (χ1v) is 10.6. The summed E-state index contributed by atoms with van der Waals surface area (Å²) in [6.07, 6.45) is -1.24. The highest BCUT2D eigenvalue weighted by Crippen LogP contribution is 2.56. The molecule has 1 fully saturated rings. The molecule has 0 aromatic heterocycles. The predicted molar refractivity (Wildman–Crippen MR) is 104 cm³/mol. The maximum absolute atomic E-state index is 14.0. The number of nitrogens with zero attached hydrogens (tertiary/aromatic N) is 1. The summed E-state index contributed by atoms with van der Waals surface area (Å²) >= 11 is 0. The Morgan fingerprint density at radius 2 is 1.54 bits per heavy atom. The molecule has 1 aliphatic heterocycles. The van der Waals surface area contributed by atoms with Crippen molar-refractivity contribution in [2.45, 2.75) is 25.9 Å². The summed E-state index contributed by atoms with van der Waals surface area (Å²) in [5.41, 5.74) is 0. The molecular formula is C20H24NO6P. The Kier molecular flexibility index (Phi) is 6.27. The number of carbonyl (C=O) groups is 1. The average molecular weight is 405 g/mol. The minimum absolute atomic E-state index is 0.00882. The number of hydrogen-bond donors (Lipinski definition) is 0. The summed E-state index contributed by atoms with van der Waals surface area (Å²) in [5.74, 6) is -0.238. The minimum Gasteiger partial charge on any atom is -0.453 e. The Hall–Kier alpha value is -2.50. The fraction of sp³-hybridized carbons (Fsp3) is 0.350. The zero-order valence-corrected chi connectivity index (χ0v) is 17.0. The number of benzene rings is 2. The SMILES string of the molecule is COC(=O)N1[C@@H](C(C)C)OC[C@H]1P(=O)(Oc1ccccc1)Oc1ccccc1. The van der Waals surface area contributed by atoms with Gasteiger partial charge in [-0.25, -0.2) is 9.36 Å². The van der Waals surface area contributed by atoms with E-state index in [-0.39, 0.29) is 12.5 Å². The highest BCUT2D eigenvalue weighted by Gasteiger charge is 2.53. The number of methoxy groups -OCH3 is 1. The lowest BCUT2D eigenvalue weighted by Crippen LogP contribution is -2.45. The molecule has 0 N–H and O–H groups in total. The van der Waals surface area contributed by atoms with E-state index in [0.29, 0.717) is 11.5 Å². The van der Waals surface area contributed by atoms with Crippen LogP contribution in [0.1, 0.15) is 13.8 Å². The van der Waals surface area contributed by atoms with Gasteiger partial charge in [0, 0.05) is 0 Å². The molecule has 1 amide bonds. The second-order valence-corrected chi connectivity index (χ2v) is 8.72. The summed E-state index contributed by atoms with van der Waals surface area (Å²) in [4.78, 5) is 13.8. The third-order valence-corrected chi connectivity index (χ3v) is 6.34. The minimum atomic E-state index is -3.91. The van der Waals surface area contributed by atoms with Crippen LogP contribution in [0.15, 0.2) is 60.7 Å². The molecule has 28 heavy (non-hydrogen) atoms. The Balaban J connectivity index is 1.99. The molecule has 1 heterocycles. The lowest BCUT2D eigenvalue weighted by molar-refractivity contribution is -0.000905. The maximum atomic E-state index is 14.0. The van der Waals surface area contributed by atoms with E-state index < -0.39 is 25.7 Å². The van der Waals surface area contributed by atoms with E-state index in [4.69, 9.17) is 18.5 Å². The van der Waals surface area contributed by atoms with Crippen LogP contribution in [0.25, 0.3) is 0 Å². The molecule has 2 aromatic carbocycles. The van der Waals surface area contributed by atoms with Gasteiger partial charge in [0.15, 0.2) is 5.78 Å². The zero-order chi connectivity index (χ0) is 20.1. The molecule has 7 nitrogen and oxygen atoms in total. The van der Waals surface area contributed by atoms with Crippen LogP contribution >= 0.6 is 7.60 Å². The van der Waals surface area contributed by atoms with Gasteiger partial charge in [-0.1, -0.05) is 50.2 Å². The summed E-state index contributed by atoms with van der Waals surface area (Å²) in [6, 6.07) is 17.4. The van der Waals surface area contributed by atoms with Gasteiger partial charge in [-0.15, -0.1) is 0 Å². The van der Waals surface area contributed by atoms with E-state index in [1.165, 1.54) is 12.0 Å². The molecular weight excluding hydrogens is 381 g/mol. The number of ether oxygens (including phenoxy) is 2. The van der Waals surface area contributed by atoms with Gasteiger partial charge in [0.2, 0.25) is 0 Å². The molecule has 3 rings (SSSR count). The van der Waals surface area contributed by atoms with Gasteiger partial charge >= 0.3 is 13.7 Å². The van der Waals surface area contributed by atoms with Crippen molar-refractivity contribution < 1.29 is 27.9 Å². The number of carbonyl (C=O) groups excluding carboxylic acids is 1. The van der Waals surface area contributed by atoms with Crippen molar-refractivity contribution in [2.75, 3.05) is 13.7 Å². The second kappa shape index (κ2) is 8.67. The number of rotatable bonds is 6. The molecule has 0 unspecified atom stereocenters. The van der Waals surface area contributed by atoms with Gasteiger partial charge in [-0.2, -0.15) is 0 Å². The van der Waals surface area contributed by atoms with Crippen LogP contribution < -0.4 is 9.05 Å². The van der Waals surface area contributed by atoms with Crippen molar-refractivity contribution in [3.63, 3.8) is 0 Å². The smallest absolute Gasteiger partial charge is 0.453 e. The van der Waals surface area contributed by atoms with Crippen LogP contribution in [0.3, 0.4) is 0 Å². The largest absolute Gasteiger partial charge is 0.455 e. The fourth-order valence-corrected chi connectivity index (χ4v) is 4.91. The molecule has 0 spiro atoms. The van der Waals surface area contributed by atoms with Crippen LogP contribution in [0.4, 0.5) is 4.79 Å². The van der Waals surface area contributed by atoms with Crippen LogP contribution in [-0.4, -0.2) is 36.7 Å². The fourth-order valence-electron chi connectivity index (χ4n) is 3.00. The molecule has 2 aromatic rings. The van der Waals surface area contributed by atoms with Crippen molar-refractivity contribution in [2.24, 2.45) is 5.92 Å². The summed E-state index contributed by atoms with van der Waals surface area (Å²) < 4.78 is 36.4. The summed E-state index contributed by atoms with van der Waals surface area (Å²) in [6.45, 7) is 3.82. The normalized spacial score (nSPS) is 19.5. The van der Waals surface area contributed by atoms with E-state index in [0.717, 1.165) is 0 Å². The topological polar surface area (TPSA) is 74.3 Å².